The first-order valence-electron chi connectivity index (χ1n) is 7.77. The van der Waals surface area contributed by atoms with E-state index in [4.69, 9.17) is 11.6 Å². The highest BCUT2D eigenvalue weighted by Gasteiger charge is 2.31. The number of carbonyl (C=O) groups excluding carboxylic acids is 2. The van der Waals surface area contributed by atoms with Crippen LogP contribution in [0, 0.1) is 0 Å². The summed E-state index contributed by atoms with van der Waals surface area (Å²) >= 11 is 5.78. The molecule has 8 heteroatoms. The van der Waals surface area contributed by atoms with Crippen LogP contribution >= 0.6 is 11.6 Å². The van der Waals surface area contributed by atoms with E-state index in [9.17, 15) is 22.8 Å². The van der Waals surface area contributed by atoms with E-state index in [0.717, 1.165) is 24.1 Å². The molecule has 2 aromatic rings. The average Bonchev–Trinajstić information content (AvgIpc) is 2.60. The number of halogens is 4. The van der Waals surface area contributed by atoms with E-state index < -0.39 is 23.6 Å². The minimum Gasteiger partial charge on any atom is -0.348 e. The fraction of sp³-hybridized carbons (Fsp3) is 0.222. The molecule has 0 fully saturated rings. The van der Waals surface area contributed by atoms with Crippen LogP contribution in [0.1, 0.15) is 17.5 Å². The molecule has 0 atom stereocenters. The molecule has 2 rings (SSSR count). The Kier molecular flexibility index (Phi) is 6.63. The lowest BCUT2D eigenvalue weighted by molar-refractivity contribution is -0.137. The number of rotatable bonds is 5. The summed E-state index contributed by atoms with van der Waals surface area (Å²) in [4.78, 5) is 23.6. The summed E-state index contributed by atoms with van der Waals surface area (Å²) < 4.78 is 38.1. The molecule has 2 aromatic carbocycles. The van der Waals surface area contributed by atoms with E-state index in [-0.39, 0.29) is 17.3 Å². The first-order chi connectivity index (χ1) is 12.3. The third kappa shape index (κ3) is 5.77. The molecule has 2 amide bonds. The molecule has 0 radical (unpaired) electrons. The predicted octanol–water partition coefficient (Wildman–Crippen LogP) is 4.05. The van der Waals surface area contributed by atoms with Gasteiger partial charge in [-0.25, -0.2) is 0 Å². The van der Waals surface area contributed by atoms with Gasteiger partial charge >= 0.3 is 18.0 Å². The van der Waals surface area contributed by atoms with Gasteiger partial charge in [0.25, 0.3) is 0 Å². The number of carbonyl (C=O) groups is 2. The molecule has 0 aliphatic carbocycles. The van der Waals surface area contributed by atoms with Crippen LogP contribution in [0.15, 0.2) is 48.5 Å². The van der Waals surface area contributed by atoms with Crippen molar-refractivity contribution >= 4 is 29.1 Å². The summed E-state index contributed by atoms with van der Waals surface area (Å²) in [6, 6.07) is 12.1. The number of aryl methyl sites for hydroxylation is 1. The van der Waals surface area contributed by atoms with E-state index in [0.29, 0.717) is 12.5 Å². The lowest BCUT2D eigenvalue weighted by atomic mass is 10.1. The molecule has 26 heavy (non-hydrogen) atoms. The number of nitrogens with one attached hydrogen (secondary N) is 2. The standard InChI is InChI=1S/C18H16ClF3N2O2/c19-14-9-8-13(18(20,21)22)11-15(14)24-17(26)16(25)23-10-4-7-12-5-2-1-3-6-12/h1-3,5-6,8-9,11H,4,7,10H2,(H,23,25)(H,24,26). The van der Waals surface area contributed by atoms with Gasteiger partial charge in [-0.3, -0.25) is 9.59 Å². The second-order valence-corrected chi connectivity index (χ2v) is 5.90. The molecule has 0 unspecified atom stereocenters. The van der Waals surface area contributed by atoms with Crippen LogP contribution in [0.5, 0.6) is 0 Å². The van der Waals surface area contributed by atoms with Gasteiger partial charge in [0.2, 0.25) is 0 Å². The zero-order valence-corrected chi connectivity index (χ0v) is 14.3. The molecule has 4 nitrogen and oxygen atoms in total. The topological polar surface area (TPSA) is 58.2 Å². The first-order valence-corrected chi connectivity index (χ1v) is 8.15. The summed E-state index contributed by atoms with van der Waals surface area (Å²) in [5.74, 6) is -2.02. The summed E-state index contributed by atoms with van der Waals surface area (Å²) in [5, 5.41) is 4.42. The molecule has 0 bridgehead atoms. The van der Waals surface area contributed by atoms with Crippen molar-refractivity contribution in [2.24, 2.45) is 0 Å². The summed E-state index contributed by atoms with van der Waals surface area (Å²) in [5.41, 5.74) is -0.145. The lowest BCUT2D eigenvalue weighted by Gasteiger charge is -2.11. The van der Waals surface area contributed by atoms with Crippen LogP contribution in [0.4, 0.5) is 18.9 Å². The van der Waals surface area contributed by atoms with Crippen LogP contribution in [0.2, 0.25) is 5.02 Å². The Balaban J connectivity index is 1.86. The fourth-order valence-electron chi connectivity index (χ4n) is 2.20. The number of hydrogen-bond donors (Lipinski definition) is 2. The van der Waals surface area contributed by atoms with Gasteiger partial charge in [-0.1, -0.05) is 41.9 Å². The molecule has 0 aliphatic rings. The molecular weight excluding hydrogens is 369 g/mol. The highest BCUT2D eigenvalue weighted by atomic mass is 35.5. The number of amides is 2. The monoisotopic (exact) mass is 384 g/mol. The third-order valence-electron chi connectivity index (χ3n) is 3.52. The van der Waals surface area contributed by atoms with E-state index in [1.54, 1.807) is 0 Å². The molecule has 138 valence electrons. The molecule has 2 N–H and O–H groups in total. The maximum Gasteiger partial charge on any atom is 0.416 e. The van der Waals surface area contributed by atoms with Crippen molar-refractivity contribution in [3.63, 3.8) is 0 Å². The maximum atomic E-state index is 12.7. The van der Waals surface area contributed by atoms with Gasteiger partial charge in [0.05, 0.1) is 16.3 Å². The molecule has 0 saturated heterocycles. The Hall–Kier alpha value is -2.54. The van der Waals surface area contributed by atoms with Crippen LogP contribution in [0.25, 0.3) is 0 Å². The quantitative estimate of drug-likeness (QED) is 0.603. The number of anilines is 1. The molecule has 0 aliphatic heterocycles. The number of benzene rings is 2. The number of alkyl halides is 3. The Labute approximate surface area is 153 Å². The molecule has 0 aromatic heterocycles. The van der Waals surface area contributed by atoms with E-state index >= 15 is 0 Å². The smallest absolute Gasteiger partial charge is 0.348 e. The van der Waals surface area contributed by atoms with Gasteiger partial charge < -0.3 is 10.6 Å². The van der Waals surface area contributed by atoms with Crippen LogP contribution in [0.3, 0.4) is 0 Å². The third-order valence-corrected chi connectivity index (χ3v) is 3.85. The van der Waals surface area contributed by atoms with Crippen molar-refractivity contribution in [2.45, 2.75) is 19.0 Å². The molecule has 0 heterocycles. The zero-order chi connectivity index (χ0) is 19.2. The summed E-state index contributed by atoms with van der Waals surface area (Å²) in [6.07, 6.45) is -3.24. The van der Waals surface area contributed by atoms with Crippen molar-refractivity contribution in [1.29, 1.82) is 0 Å². The van der Waals surface area contributed by atoms with Crippen molar-refractivity contribution in [2.75, 3.05) is 11.9 Å². The molecule has 0 spiro atoms. The van der Waals surface area contributed by atoms with Crippen molar-refractivity contribution in [3.05, 3.63) is 64.7 Å². The van der Waals surface area contributed by atoms with Gasteiger partial charge in [0.1, 0.15) is 0 Å². The fourth-order valence-corrected chi connectivity index (χ4v) is 2.36. The van der Waals surface area contributed by atoms with Gasteiger partial charge in [-0.2, -0.15) is 13.2 Å². The van der Waals surface area contributed by atoms with Crippen molar-refractivity contribution in [1.82, 2.24) is 5.32 Å². The van der Waals surface area contributed by atoms with Crippen molar-refractivity contribution in [3.8, 4) is 0 Å². The highest BCUT2D eigenvalue weighted by molar-refractivity contribution is 6.41. The first kappa shape index (κ1) is 19.8. The van der Waals surface area contributed by atoms with Gasteiger partial charge in [-0.15, -0.1) is 0 Å². The SMILES string of the molecule is O=C(NCCCc1ccccc1)C(=O)Nc1cc(C(F)(F)F)ccc1Cl. The van der Waals surface area contributed by atoms with Crippen LogP contribution in [-0.2, 0) is 22.2 Å². The normalized spacial score (nSPS) is 11.1. The zero-order valence-electron chi connectivity index (χ0n) is 13.6. The van der Waals surface area contributed by atoms with E-state index in [2.05, 4.69) is 10.6 Å². The van der Waals surface area contributed by atoms with Gasteiger partial charge in [-0.05, 0) is 36.6 Å². The Morgan fingerprint density at radius 1 is 1.00 bits per heavy atom. The van der Waals surface area contributed by atoms with Crippen LogP contribution < -0.4 is 10.6 Å². The van der Waals surface area contributed by atoms with Crippen LogP contribution in [-0.4, -0.2) is 18.4 Å². The summed E-state index contributed by atoms with van der Waals surface area (Å²) in [6.45, 7) is 0.261. The lowest BCUT2D eigenvalue weighted by Crippen LogP contribution is -2.36. The average molecular weight is 385 g/mol. The minimum absolute atomic E-state index is 0.0942. The van der Waals surface area contributed by atoms with Gasteiger partial charge in [0.15, 0.2) is 0 Å². The molecular formula is C18H16ClF3N2O2. The highest BCUT2D eigenvalue weighted by Crippen LogP contribution is 2.33. The van der Waals surface area contributed by atoms with E-state index in [1.165, 1.54) is 0 Å². The predicted molar refractivity (Wildman–Crippen MR) is 92.9 cm³/mol. The second-order valence-electron chi connectivity index (χ2n) is 5.49. The maximum absolute atomic E-state index is 12.7. The number of hydrogen-bond acceptors (Lipinski definition) is 2. The molecule has 0 saturated carbocycles. The summed E-state index contributed by atoms with van der Waals surface area (Å²) in [7, 11) is 0. The van der Waals surface area contributed by atoms with Crippen molar-refractivity contribution < 1.29 is 22.8 Å². The Morgan fingerprint density at radius 2 is 1.69 bits per heavy atom. The Morgan fingerprint density at radius 3 is 2.35 bits per heavy atom. The Bertz CT molecular complexity index is 780. The largest absolute Gasteiger partial charge is 0.416 e. The minimum atomic E-state index is -4.58. The second kappa shape index (κ2) is 8.71. The van der Waals surface area contributed by atoms with E-state index in [1.807, 2.05) is 30.3 Å². The van der Waals surface area contributed by atoms with Gasteiger partial charge in [0, 0.05) is 6.54 Å².